The third-order valence-corrected chi connectivity index (χ3v) is 3.47. The average molecular weight is 294 g/mol. The molecule has 1 heterocycles. The number of nitrogens with one attached hydrogen (secondary N) is 1. The standard InChI is InChI=1S/C14H18N2O3S/c1-18-14-6-11(2-3-13(14)19-5-4-17)7-15-8-12-9-16-10-20-12/h2-3,6,9-10,15,17H,4-5,7-8H2,1H3. The number of aliphatic hydroxyl groups is 1. The van der Waals surface area contributed by atoms with E-state index in [1.54, 1.807) is 18.4 Å². The molecule has 0 spiro atoms. The second-order valence-corrected chi connectivity index (χ2v) is 5.10. The Bertz CT molecular complexity index is 517. The molecule has 1 aromatic heterocycles. The lowest BCUT2D eigenvalue weighted by molar-refractivity contribution is 0.196. The third-order valence-electron chi connectivity index (χ3n) is 2.69. The summed E-state index contributed by atoms with van der Waals surface area (Å²) >= 11 is 1.64. The number of ether oxygens (including phenoxy) is 2. The van der Waals surface area contributed by atoms with Gasteiger partial charge in [-0.3, -0.25) is 4.98 Å². The Morgan fingerprint density at radius 3 is 2.90 bits per heavy atom. The molecule has 108 valence electrons. The van der Waals surface area contributed by atoms with Crippen LogP contribution in [0.5, 0.6) is 11.5 Å². The summed E-state index contributed by atoms with van der Waals surface area (Å²) in [7, 11) is 1.61. The Hall–Kier alpha value is -1.63. The van der Waals surface area contributed by atoms with Gasteiger partial charge in [0.25, 0.3) is 0 Å². The van der Waals surface area contributed by atoms with Gasteiger partial charge in [-0.05, 0) is 17.7 Å². The fraction of sp³-hybridized carbons (Fsp3) is 0.357. The summed E-state index contributed by atoms with van der Waals surface area (Å²) in [6.07, 6.45) is 1.87. The van der Waals surface area contributed by atoms with E-state index in [1.165, 1.54) is 4.88 Å². The summed E-state index contributed by atoms with van der Waals surface area (Å²) < 4.78 is 10.7. The molecule has 0 aliphatic heterocycles. The molecule has 0 radical (unpaired) electrons. The minimum Gasteiger partial charge on any atom is -0.493 e. The van der Waals surface area contributed by atoms with Gasteiger partial charge in [0.2, 0.25) is 0 Å². The first-order chi connectivity index (χ1) is 9.83. The number of nitrogens with zero attached hydrogens (tertiary/aromatic N) is 1. The molecular formula is C14H18N2O3S. The number of aromatic nitrogens is 1. The van der Waals surface area contributed by atoms with Crippen LogP contribution in [0.2, 0.25) is 0 Å². The van der Waals surface area contributed by atoms with E-state index in [4.69, 9.17) is 14.6 Å². The summed E-state index contributed by atoms with van der Waals surface area (Å²) in [5, 5.41) is 12.1. The predicted molar refractivity (Wildman–Crippen MR) is 78.2 cm³/mol. The summed E-state index contributed by atoms with van der Waals surface area (Å²) in [6.45, 7) is 1.80. The first kappa shape index (κ1) is 14.8. The smallest absolute Gasteiger partial charge is 0.161 e. The van der Waals surface area contributed by atoms with E-state index in [1.807, 2.05) is 29.9 Å². The van der Waals surface area contributed by atoms with Crippen LogP contribution in [0.3, 0.4) is 0 Å². The SMILES string of the molecule is COc1cc(CNCc2cncs2)ccc1OCCO. The van der Waals surface area contributed by atoms with Gasteiger partial charge in [-0.15, -0.1) is 11.3 Å². The highest BCUT2D eigenvalue weighted by Gasteiger charge is 2.05. The molecule has 0 fully saturated rings. The van der Waals surface area contributed by atoms with Gasteiger partial charge in [0.1, 0.15) is 6.61 Å². The molecule has 6 heteroatoms. The molecule has 2 N–H and O–H groups in total. The monoisotopic (exact) mass is 294 g/mol. The molecular weight excluding hydrogens is 276 g/mol. The second kappa shape index (κ2) is 7.84. The van der Waals surface area contributed by atoms with E-state index in [9.17, 15) is 0 Å². The van der Waals surface area contributed by atoms with Crippen molar-refractivity contribution in [1.29, 1.82) is 0 Å². The zero-order valence-corrected chi connectivity index (χ0v) is 12.2. The van der Waals surface area contributed by atoms with Crippen molar-refractivity contribution in [3.63, 3.8) is 0 Å². The molecule has 0 atom stereocenters. The molecule has 20 heavy (non-hydrogen) atoms. The molecule has 0 aliphatic carbocycles. The van der Waals surface area contributed by atoms with Gasteiger partial charge in [0.05, 0.1) is 19.2 Å². The molecule has 2 aromatic rings. The van der Waals surface area contributed by atoms with Gasteiger partial charge in [-0.1, -0.05) is 6.07 Å². The summed E-state index contributed by atoms with van der Waals surface area (Å²) in [5.41, 5.74) is 2.94. The van der Waals surface area contributed by atoms with Gasteiger partial charge in [0, 0.05) is 24.2 Å². The van der Waals surface area contributed by atoms with E-state index in [0.717, 1.165) is 18.7 Å². The van der Waals surface area contributed by atoms with E-state index >= 15 is 0 Å². The Morgan fingerprint density at radius 1 is 1.30 bits per heavy atom. The van der Waals surface area contributed by atoms with E-state index in [2.05, 4.69) is 10.3 Å². The quantitative estimate of drug-likeness (QED) is 0.777. The molecule has 0 amide bonds. The van der Waals surface area contributed by atoms with Crippen molar-refractivity contribution in [1.82, 2.24) is 10.3 Å². The maximum Gasteiger partial charge on any atom is 0.161 e. The van der Waals surface area contributed by atoms with Crippen molar-refractivity contribution >= 4 is 11.3 Å². The van der Waals surface area contributed by atoms with Crippen molar-refractivity contribution in [2.75, 3.05) is 20.3 Å². The summed E-state index contributed by atoms with van der Waals surface area (Å²) in [5.74, 6) is 1.32. The number of hydrogen-bond acceptors (Lipinski definition) is 6. The fourth-order valence-corrected chi connectivity index (χ4v) is 2.32. The van der Waals surface area contributed by atoms with Crippen molar-refractivity contribution in [3.05, 3.63) is 40.3 Å². The Labute approximate surface area is 122 Å². The van der Waals surface area contributed by atoms with Gasteiger partial charge in [0.15, 0.2) is 11.5 Å². The lowest BCUT2D eigenvalue weighted by atomic mass is 10.2. The van der Waals surface area contributed by atoms with Crippen LogP contribution in [-0.2, 0) is 13.1 Å². The lowest BCUT2D eigenvalue weighted by Crippen LogP contribution is -2.12. The van der Waals surface area contributed by atoms with Crippen LogP contribution in [0.15, 0.2) is 29.9 Å². The molecule has 0 bridgehead atoms. The highest BCUT2D eigenvalue weighted by Crippen LogP contribution is 2.28. The normalized spacial score (nSPS) is 10.5. The highest BCUT2D eigenvalue weighted by atomic mass is 32.1. The van der Waals surface area contributed by atoms with Crippen LogP contribution >= 0.6 is 11.3 Å². The predicted octanol–water partition coefficient (Wildman–Crippen LogP) is 1.81. The zero-order chi connectivity index (χ0) is 14.2. The van der Waals surface area contributed by atoms with E-state index < -0.39 is 0 Å². The average Bonchev–Trinajstić information content (AvgIpc) is 2.99. The van der Waals surface area contributed by atoms with Crippen LogP contribution in [0.4, 0.5) is 0 Å². The Morgan fingerprint density at radius 2 is 2.20 bits per heavy atom. The number of aliphatic hydroxyl groups excluding tert-OH is 1. The summed E-state index contributed by atoms with van der Waals surface area (Å²) in [6, 6.07) is 5.78. The molecule has 0 saturated carbocycles. The van der Waals surface area contributed by atoms with Crippen LogP contribution < -0.4 is 14.8 Å². The number of methoxy groups -OCH3 is 1. The number of benzene rings is 1. The number of rotatable bonds is 8. The minimum absolute atomic E-state index is 0.0126. The van der Waals surface area contributed by atoms with Crippen LogP contribution in [-0.4, -0.2) is 30.4 Å². The first-order valence-corrected chi connectivity index (χ1v) is 7.20. The van der Waals surface area contributed by atoms with Gasteiger partial charge in [-0.25, -0.2) is 0 Å². The second-order valence-electron chi connectivity index (χ2n) is 4.13. The van der Waals surface area contributed by atoms with E-state index in [-0.39, 0.29) is 13.2 Å². The van der Waals surface area contributed by atoms with Gasteiger partial charge >= 0.3 is 0 Å². The van der Waals surface area contributed by atoms with Crippen molar-refractivity contribution in [2.45, 2.75) is 13.1 Å². The summed E-state index contributed by atoms with van der Waals surface area (Å²) in [4.78, 5) is 5.25. The van der Waals surface area contributed by atoms with Crippen LogP contribution in [0, 0.1) is 0 Å². The molecule has 0 unspecified atom stereocenters. The van der Waals surface area contributed by atoms with Crippen molar-refractivity contribution in [2.24, 2.45) is 0 Å². The molecule has 5 nitrogen and oxygen atoms in total. The number of thiazole rings is 1. The van der Waals surface area contributed by atoms with Crippen molar-refractivity contribution in [3.8, 4) is 11.5 Å². The van der Waals surface area contributed by atoms with Crippen LogP contribution in [0.25, 0.3) is 0 Å². The Balaban J connectivity index is 1.91. The van der Waals surface area contributed by atoms with Gasteiger partial charge < -0.3 is 19.9 Å². The van der Waals surface area contributed by atoms with E-state index in [0.29, 0.717) is 11.5 Å². The fourth-order valence-electron chi connectivity index (χ4n) is 1.76. The van der Waals surface area contributed by atoms with Crippen LogP contribution in [0.1, 0.15) is 10.4 Å². The maximum absolute atomic E-state index is 8.77. The molecule has 1 aromatic carbocycles. The van der Waals surface area contributed by atoms with Crippen molar-refractivity contribution < 1.29 is 14.6 Å². The third kappa shape index (κ3) is 4.19. The minimum atomic E-state index is -0.0126. The zero-order valence-electron chi connectivity index (χ0n) is 11.3. The largest absolute Gasteiger partial charge is 0.493 e. The number of hydrogen-bond donors (Lipinski definition) is 2. The van der Waals surface area contributed by atoms with Gasteiger partial charge in [-0.2, -0.15) is 0 Å². The molecule has 0 aliphatic rings. The molecule has 2 rings (SSSR count). The topological polar surface area (TPSA) is 63.6 Å². The first-order valence-electron chi connectivity index (χ1n) is 6.32. The maximum atomic E-state index is 8.77. The highest BCUT2D eigenvalue weighted by molar-refractivity contribution is 7.09. The lowest BCUT2D eigenvalue weighted by Gasteiger charge is -2.11. The Kier molecular flexibility index (Phi) is 5.79. The molecule has 0 saturated heterocycles.